The van der Waals surface area contributed by atoms with Crippen LogP contribution in [0, 0.1) is 0 Å². The number of aliphatic hydroxyl groups excluding tert-OH is 1. The SMILES string of the molecule is C[C@H](N)C(=O)OC(=O)[C@@H](N)COC(=O)[C@@H](N)[C@@H](C)O. The largest absolute Gasteiger partial charge is 0.462 e. The molecule has 4 atom stereocenters. The number of aliphatic hydroxyl groups is 1. The summed E-state index contributed by atoms with van der Waals surface area (Å²) in [6, 6.07) is -3.55. The van der Waals surface area contributed by atoms with Crippen LogP contribution in [-0.2, 0) is 23.9 Å². The maximum Gasteiger partial charge on any atom is 0.334 e. The van der Waals surface area contributed by atoms with Crippen LogP contribution in [0.4, 0.5) is 0 Å². The molecule has 0 unspecified atom stereocenters. The van der Waals surface area contributed by atoms with E-state index < -0.39 is 48.7 Å². The Morgan fingerprint density at radius 1 is 1.05 bits per heavy atom. The second kappa shape index (κ2) is 7.79. The van der Waals surface area contributed by atoms with Crippen molar-refractivity contribution < 1.29 is 29.0 Å². The highest BCUT2D eigenvalue weighted by Crippen LogP contribution is 1.96. The summed E-state index contributed by atoms with van der Waals surface area (Å²) in [6.07, 6.45) is -1.10. The van der Waals surface area contributed by atoms with Gasteiger partial charge in [-0.15, -0.1) is 0 Å². The topological polar surface area (TPSA) is 168 Å². The van der Waals surface area contributed by atoms with E-state index in [-0.39, 0.29) is 0 Å². The Morgan fingerprint density at radius 2 is 1.58 bits per heavy atom. The van der Waals surface area contributed by atoms with Crippen LogP contribution in [0.5, 0.6) is 0 Å². The molecule has 0 heterocycles. The molecule has 9 nitrogen and oxygen atoms in total. The van der Waals surface area contributed by atoms with Gasteiger partial charge in [0.05, 0.1) is 6.10 Å². The molecular formula is C10H19N3O6. The first kappa shape index (κ1) is 17.4. The van der Waals surface area contributed by atoms with Crippen molar-refractivity contribution in [3.05, 3.63) is 0 Å². The number of carbonyl (C=O) groups is 3. The van der Waals surface area contributed by atoms with Crippen LogP contribution in [0.25, 0.3) is 0 Å². The van der Waals surface area contributed by atoms with Crippen molar-refractivity contribution >= 4 is 17.9 Å². The minimum Gasteiger partial charge on any atom is -0.462 e. The predicted molar refractivity (Wildman–Crippen MR) is 63.3 cm³/mol. The summed E-state index contributed by atoms with van der Waals surface area (Å²) in [4.78, 5) is 33.5. The van der Waals surface area contributed by atoms with Gasteiger partial charge in [-0.05, 0) is 13.8 Å². The van der Waals surface area contributed by atoms with Crippen LogP contribution >= 0.6 is 0 Å². The van der Waals surface area contributed by atoms with Gasteiger partial charge in [0.2, 0.25) is 0 Å². The first-order chi connectivity index (χ1) is 8.66. The summed E-state index contributed by atoms with van der Waals surface area (Å²) in [5, 5.41) is 9.04. The smallest absolute Gasteiger partial charge is 0.334 e. The quantitative estimate of drug-likeness (QED) is 0.291. The van der Waals surface area contributed by atoms with E-state index in [0.29, 0.717) is 0 Å². The molecule has 0 radical (unpaired) electrons. The molecule has 0 aliphatic rings. The van der Waals surface area contributed by atoms with Gasteiger partial charge in [-0.3, -0.25) is 4.79 Å². The summed E-state index contributed by atoms with van der Waals surface area (Å²) in [5.74, 6) is -2.93. The highest BCUT2D eigenvalue weighted by molar-refractivity contribution is 5.90. The number of carbonyl (C=O) groups excluding carboxylic acids is 3. The molecule has 0 aromatic carbocycles. The lowest BCUT2D eigenvalue weighted by Gasteiger charge is -2.16. The monoisotopic (exact) mass is 277 g/mol. The van der Waals surface area contributed by atoms with Gasteiger partial charge in [-0.25, -0.2) is 9.59 Å². The Balaban J connectivity index is 4.18. The second-order valence-corrected chi connectivity index (χ2v) is 4.03. The Hall–Kier alpha value is -1.55. The third-order valence-corrected chi connectivity index (χ3v) is 2.07. The van der Waals surface area contributed by atoms with E-state index in [1.165, 1.54) is 13.8 Å². The lowest BCUT2D eigenvalue weighted by molar-refractivity contribution is -0.162. The van der Waals surface area contributed by atoms with E-state index in [2.05, 4.69) is 9.47 Å². The molecule has 0 rings (SSSR count). The van der Waals surface area contributed by atoms with Crippen LogP contribution in [0.1, 0.15) is 13.8 Å². The average Bonchev–Trinajstić information content (AvgIpc) is 2.33. The normalized spacial score (nSPS) is 16.9. The van der Waals surface area contributed by atoms with Crippen LogP contribution in [0.15, 0.2) is 0 Å². The van der Waals surface area contributed by atoms with Crippen molar-refractivity contribution in [1.82, 2.24) is 0 Å². The number of esters is 3. The summed E-state index contributed by atoms with van der Waals surface area (Å²) in [7, 11) is 0. The van der Waals surface area contributed by atoms with Crippen LogP contribution in [0.3, 0.4) is 0 Å². The van der Waals surface area contributed by atoms with Gasteiger partial charge in [0.1, 0.15) is 24.7 Å². The van der Waals surface area contributed by atoms with Crippen molar-refractivity contribution in [2.24, 2.45) is 17.2 Å². The first-order valence-corrected chi connectivity index (χ1v) is 5.53. The molecule has 0 aliphatic carbocycles. The van der Waals surface area contributed by atoms with Crippen LogP contribution in [-0.4, -0.2) is 53.9 Å². The van der Waals surface area contributed by atoms with Crippen molar-refractivity contribution in [1.29, 1.82) is 0 Å². The Kier molecular flexibility index (Phi) is 7.16. The van der Waals surface area contributed by atoms with Gasteiger partial charge >= 0.3 is 17.9 Å². The van der Waals surface area contributed by atoms with E-state index in [1.54, 1.807) is 0 Å². The fraction of sp³-hybridized carbons (Fsp3) is 0.700. The van der Waals surface area contributed by atoms with E-state index in [0.717, 1.165) is 0 Å². The number of hydrogen-bond acceptors (Lipinski definition) is 9. The fourth-order valence-electron chi connectivity index (χ4n) is 0.801. The molecule has 7 N–H and O–H groups in total. The molecule has 19 heavy (non-hydrogen) atoms. The summed E-state index contributed by atoms with van der Waals surface area (Å²) in [5.41, 5.74) is 15.8. The lowest BCUT2D eigenvalue weighted by Crippen LogP contribution is -2.45. The number of nitrogens with two attached hydrogens (primary N) is 3. The average molecular weight is 277 g/mol. The molecule has 0 fully saturated rings. The van der Waals surface area contributed by atoms with Gasteiger partial charge < -0.3 is 31.8 Å². The van der Waals surface area contributed by atoms with Gasteiger partial charge in [0.15, 0.2) is 0 Å². The number of ether oxygens (including phenoxy) is 2. The molecular weight excluding hydrogens is 258 g/mol. The zero-order valence-electron chi connectivity index (χ0n) is 10.7. The first-order valence-electron chi connectivity index (χ1n) is 5.53. The Labute approximate surface area is 110 Å². The molecule has 0 bridgehead atoms. The van der Waals surface area contributed by atoms with Gasteiger partial charge in [-0.1, -0.05) is 0 Å². The summed E-state index contributed by atoms with van der Waals surface area (Å²) >= 11 is 0. The molecule has 0 saturated carbocycles. The van der Waals surface area contributed by atoms with Gasteiger partial charge in [0, 0.05) is 0 Å². The van der Waals surface area contributed by atoms with Crippen LogP contribution in [0.2, 0.25) is 0 Å². The van der Waals surface area contributed by atoms with Crippen molar-refractivity contribution in [2.45, 2.75) is 38.1 Å². The maximum absolute atomic E-state index is 11.3. The number of rotatable bonds is 6. The molecule has 9 heteroatoms. The maximum atomic E-state index is 11.3. The van der Waals surface area contributed by atoms with Crippen molar-refractivity contribution in [2.75, 3.05) is 6.61 Å². The molecule has 0 aromatic heterocycles. The highest BCUT2D eigenvalue weighted by atomic mass is 16.6. The third kappa shape index (κ3) is 6.25. The van der Waals surface area contributed by atoms with Crippen molar-refractivity contribution in [3.63, 3.8) is 0 Å². The van der Waals surface area contributed by atoms with Gasteiger partial charge in [0.25, 0.3) is 0 Å². The van der Waals surface area contributed by atoms with E-state index in [9.17, 15) is 14.4 Å². The highest BCUT2D eigenvalue weighted by Gasteiger charge is 2.25. The molecule has 0 spiro atoms. The second-order valence-electron chi connectivity index (χ2n) is 4.03. The molecule has 0 aromatic rings. The third-order valence-electron chi connectivity index (χ3n) is 2.07. The zero-order valence-corrected chi connectivity index (χ0v) is 10.7. The minimum absolute atomic E-state index is 0.523. The molecule has 0 aliphatic heterocycles. The molecule has 110 valence electrons. The van der Waals surface area contributed by atoms with E-state index in [1.807, 2.05) is 0 Å². The molecule has 0 amide bonds. The van der Waals surface area contributed by atoms with Crippen molar-refractivity contribution in [3.8, 4) is 0 Å². The molecule has 0 saturated heterocycles. The predicted octanol–water partition coefficient (Wildman–Crippen LogP) is -3.02. The summed E-state index contributed by atoms with van der Waals surface area (Å²) in [6.45, 7) is 2.12. The van der Waals surface area contributed by atoms with E-state index in [4.69, 9.17) is 22.3 Å². The standard InChI is InChI=1S/C10H19N3O6/c1-4(11)8(15)19-9(16)6(12)3-18-10(17)7(13)5(2)14/h4-7,14H,3,11-13H2,1-2H3/t4-,5+,6-,7-/m0/s1. The zero-order chi connectivity index (χ0) is 15.2. The lowest BCUT2D eigenvalue weighted by atomic mass is 10.2. The summed E-state index contributed by atoms with van der Waals surface area (Å²) < 4.78 is 8.91. The fourth-order valence-corrected chi connectivity index (χ4v) is 0.801. The van der Waals surface area contributed by atoms with E-state index >= 15 is 0 Å². The minimum atomic E-state index is -1.34. The van der Waals surface area contributed by atoms with Crippen LogP contribution < -0.4 is 17.2 Å². The Morgan fingerprint density at radius 3 is 2.00 bits per heavy atom. The number of hydrogen-bond donors (Lipinski definition) is 4. The van der Waals surface area contributed by atoms with Gasteiger partial charge in [-0.2, -0.15) is 0 Å². The Bertz CT molecular complexity index is 344.